The number of nitrogens with zero attached hydrogens (tertiary/aromatic N) is 3. The molecule has 0 bridgehead atoms. The highest BCUT2D eigenvalue weighted by atomic mass is 35.5. The Morgan fingerprint density at radius 2 is 1.84 bits per heavy atom. The van der Waals surface area contributed by atoms with Gasteiger partial charge in [-0.25, -0.2) is 5.10 Å². The average molecular weight is 375 g/mol. The summed E-state index contributed by atoms with van der Waals surface area (Å²) in [6, 6.07) is 12.8. The summed E-state index contributed by atoms with van der Waals surface area (Å²) in [7, 11) is 3.18. The predicted molar refractivity (Wildman–Crippen MR) is 100 cm³/mol. The SMILES string of the molecule is COc1ccc(C=Nn2c(-c3ccc(Cl)cc3)n[nH]c2=S)cc1OC. The molecule has 0 radical (unpaired) electrons. The minimum absolute atomic E-state index is 0.390. The number of hydrogen-bond donors (Lipinski definition) is 1. The van der Waals surface area contributed by atoms with Crippen LogP contribution in [-0.2, 0) is 0 Å². The number of aromatic amines is 1. The molecular weight excluding hydrogens is 360 g/mol. The van der Waals surface area contributed by atoms with E-state index in [-0.39, 0.29) is 0 Å². The lowest BCUT2D eigenvalue weighted by Gasteiger charge is -2.07. The van der Waals surface area contributed by atoms with Gasteiger partial charge in [-0.1, -0.05) is 11.6 Å². The van der Waals surface area contributed by atoms with Gasteiger partial charge in [0, 0.05) is 10.6 Å². The van der Waals surface area contributed by atoms with E-state index < -0.39 is 0 Å². The first-order chi connectivity index (χ1) is 12.1. The highest BCUT2D eigenvalue weighted by Gasteiger charge is 2.08. The number of aromatic nitrogens is 3. The Hall–Kier alpha value is -2.64. The smallest absolute Gasteiger partial charge is 0.216 e. The fourth-order valence-electron chi connectivity index (χ4n) is 2.24. The first-order valence-corrected chi connectivity index (χ1v) is 8.10. The number of hydrogen-bond acceptors (Lipinski definition) is 5. The molecule has 1 N–H and O–H groups in total. The first-order valence-electron chi connectivity index (χ1n) is 7.32. The van der Waals surface area contributed by atoms with E-state index in [1.807, 2.05) is 30.3 Å². The molecular formula is C17H15ClN4O2S. The van der Waals surface area contributed by atoms with E-state index in [4.69, 9.17) is 33.3 Å². The highest BCUT2D eigenvalue weighted by molar-refractivity contribution is 7.71. The summed E-state index contributed by atoms with van der Waals surface area (Å²) in [5, 5.41) is 12.1. The summed E-state index contributed by atoms with van der Waals surface area (Å²) in [5.41, 5.74) is 1.68. The molecule has 2 aromatic carbocycles. The number of methoxy groups -OCH3 is 2. The van der Waals surface area contributed by atoms with Crippen molar-refractivity contribution >= 4 is 30.0 Å². The van der Waals surface area contributed by atoms with Gasteiger partial charge in [-0.3, -0.25) is 0 Å². The van der Waals surface area contributed by atoms with Gasteiger partial charge in [0.25, 0.3) is 0 Å². The van der Waals surface area contributed by atoms with Crippen molar-refractivity contribution in [2.24, 2.45) is 5.10 Å². The van der Waals surface area contributed by atoms with Crippen LogP contribution in [0.4, 0.5) is 0 Å². The van der Waals surface area contributed by atoms with Crippen LogP contribution < -0.4 is 9.47 Å². The molecule has 128 valence electrons. The van der Waals surface area contributed by atoms with Crippen LogP contribution in [-0.4, -0.2) is 35.3 Å². The van der Waals surface area contributed by atoms with Crippen molar-refractivity contribution in [1.82, 2.24) is 14.9 Å². The monoisotopic (exact) mass is 374 g/mol. The molecule has 0 saturated carbocycles. The number of halogens is 1. The lowest BCUT2D eigenvalue weighted by atomic mass is 10.2. The first kappa shape index (κ1) is 17.2. The van der Waals surface area contributed by atoms with Crippen molar-refractivity contribution in [3.8, 4) is 22.9 Å². The maximum absolute atomic E-state index is 5.93. The van der Waals surface area contributed by atoms with Gasteiger partial charge in [-0.2, -0.15) is 14.9 Å². The molecule has 0 saturated heterocycles. The molecule has 8 heteroatoms. The van der Waals surface area contributed by atoms with Crippen molar-refractivity contribution in [2.45, 2.75) is 0 Å². The van der Waals surface area contributed by atoms with E-state index in [0.717, 1.165) is 11.1 Å². The summed E-state index contributed by atoms with van der Waals surface area (Å²) >= 11 is 11.2. The summed E-state index contributed by atoms with van der Waals surface area (Å²) in [6.07, 6.45) is 1.67. The third-order valence-electron chi connectivity index (χ3n) is 3.48. The molecule has 6 nitrogen and oxygen atoms in total. The Morgan fingerprint density at radius 3 is 2.52 bits per heavy atom. The summed E-state index contributed by atoms with van der Waals surface area (Å²) < 4.78 is 12.5. The third kappa shape index (κ3) is 3.72. The molecule has 3 rings (SSSR count). The quantitative estimate of drug-likeness (QED) is 0.538. The fourth-order valence-corrected chi connectivity index (χ4v) is 2.55. The van der Waals surface area contributed by atoms with E-state index in [9.17, 15) is 0 Å². The maximum atomic E-state index is 5.93. The molecule has 0 spiro atoms. The van der Waals surface area contributed by atoms with Gasteiger partial charge in [-0.05, 0) is 60.2 Å². The van der Waals surface area contributed by atoms with Crippen molar-refractivity contribution in [3.63, 3.8) is 0 Å². The second kappa shape index (κ2) is 7.50. The number of nitrogens with one attached hydrogen (secondary N) is 1. The molecule has 1 aromatic heterocycles. The van der Waals surface area contributed by atoms with Crippen LogP contribution in [0.2, 0.25) is 5.02 Å². The van der Waals surface area contributed by atoms with E-state index in [0.29, 0.717) is 27.1 Å². The van der Waals surface area contributed by atoms with E-state index in [2.05, 4.69) is 15.3 Å². The fraction of sp³-hybridized carbons (Fsp3) is 0.118. The van der Waals surface area contributed by atoms with Crippen LogP contribution in [0, 0.1) is 4.77 Å². The van der Waals surface area contributed by atoms with Crippen molar-refractivity contribution in [2.75, 3.05) is 14.2 Å². The normalized spacial score (nSPS) is 11.0. The van der Waals surface area contributed by atoms with Crippen molar-refractivity contribution in [1.29, 1.82) is 0 Å². The molecule has 0 atom stereocenters. The Kier molecular flexibility index (Phi) is 5.16. The van der Waals surface area contributed by atoms with Crippen LogP contribution in [0.5, 0.6) is 11.5 Å². The largest absolute Gasteiger partial charge is 0.493 e. The second-order valence-corrected chi connectivity index (χ2v) is 5.85. The van der Waals surface area contributed by atoms with Crippen molar-refractivity contribution < 1.29 is 9.47 Å². The number of benzene rings is 2. The highest BCUT2D eigenvalue weighted by Crippen LogP contribution is 2.27. The molecule has 0 fully saturated rings. The van der Waals surface area contributed by atoms with Gasteiger partial charge in [0.1, 0.15) is 0 Å². The molecule has 0 aliphatic carbocycles. The van der Waals surface area contributed by atoms with Gasteiger partial charge in [-0.15, -0.1) is 0 Å². The van der Waals surface area contributed by atoms with Gasteiger partial charge in [0.15, 0.2) is 17.3 Å². The Bertz CT molecular complexity index is 964. The van der Waals surface area contributed by atoms with Crippen LogP contribution >= 0.6 is 23.8 Å². The van der Waals surface area contributed by atoms with Crippen LogP contribution in [0.15, 0.2) is 47.6 Å². The van der Waals surface area contributed by atoms with Gasteiger partial charge in [0.05, 0.1) is 20.4 Å². The Balaban J connectivity index is 1.96. The number of ether oxygens (including phenoxy) is 2. The van der Waals surface area contributed by atoms with E-state index in [1.54, 1.807) is 37.2 Å². The van der Waals surface area contributed by atoms with E-state index >= 15 is 0 Å². The van der Waals surface area contributed by atoms with E-state index in [1.165, 1.54) is 0 Å². The Morgan fingerprint density at radius 1 is 1.12 bits per heavy atom. The zero-order valence-corrected chi connectivity index (χ0v) is 15.1. The van der Waals surface area contributed by atoms with Crippen LogP contribution in [0.25, 0.3) is 11.4 Å². The van der Waals surface area contributed by atoms with Gasteiger partial charge < -0.3 is 9.47 Å². The standard InChI is InChI=1S/C17H15ClN4O2S/c1-23-14-8-3-11(9-15(14)24-2)10-19-22-16(20-21-17(22)25)12-4-6-13(18)7-5-12/h3-10H,1-2H3,(H,21,25). The van der Waals surface area contributed by atoms with Crippen LogP contribution in [0.1, 0.15) is 5.56 Å². The predicted octanol–water partition coefficient (Wildman–Crippen LogP) is 4.16. The zero-order chi connectivity index (χ0) is 17.8. The van der Waals surface area contributed by atoms with Crippen molar-refractivity contribution in [3.05, 3.63) is 57.8 Å². The number of rotatable bonds is 5. The van der Waals surface area contributed by atoms with Crippen LogP contribution in [0.3, 0.4) is 0 Å². The topological polar surface area (TPSA) is 64.4 Å². The average Bonchev–Trinajstić information content (AvgIpc) is 3.01. The number of H-pyrrole nitrogens is 1. The molecule has 3 aromatic rings. The second-order valence-electron chi connectivity index (χ2n) is 5.03. The lowest BCUT2D eigenvalue weighted by molar-refractivity contribution is 0.355. The molecule has 0 amide bonds. The molecule has 0 aliphatic heterocycles. The molecule has 1 heterocycles. The Labute approximate surface area is 154 Å². The minimum Gasteiger partial charge on any atom is -0.493 e. The van der Waals surface area contributed by atoms with Gasteiger partial charge >= 0.3 is 0 Å². The minimum atomic E-state index is 0.390. The summed E-state index contributed by atoms with van der Waals surface area (Å²) in [4.78, 5) is 0. The molecule has 25 heavy (non-hydrogen) atoms. The van der Waals surface area contributed by atoms with Gasteiger partial charge in [0.2, 0.25) is 4.77 Å². The maximum Gasteiger partial charge on any atom is 0.216 e. The lowest BCUT2D eigenvalue weighted by Crippen LogP contribution is -1.96. The summed E-state index contributed by atoms with van der Waals surface area (Å²) in [6.45, 7) is 0. The zero-order valence-electron chi connectivity index (χ0n) is 13.6. The summed E-state index contributed by atoms with van der Waals surface area (Å²) in [5.74, 6) is 1.87. The third-order valence-corrected chi connectivity index (χ3v) is 4.00. The molecule has 0 aliphatic rings. The molecule has 0 unspecified atom stereocenters.